The zero-order valence-corrected chi connectivity index (χ0v) is 14.2. The number of phenols is 1. The Balaban J connectivity index is 2.12. The Labute approximate surface area is 147 Å². The lowest BCUT2D eigenvalue weighted by molar-refractivity contribution is 0.419. The maximum Gasteiger partial charge on any atom is 0.492 e. The molecular formula is C20H20BNO3. The number of benzene rings is 3. The summed E-state index contributed by atoms with van der Waals surface area (Å²) < 4.78 is 0. The minimum atomic E-state index is -1.71. The Morgan fingerprint density at radius 2 is 1.12 bits per heavy atom. The highest BCUT2D eigenvalue weighted by molar-refractivity contribution is 6.59. The second kappa shape index (κ2) is 7.01. The molecule has 3 N–H and O–H groups in total. The molecule has 0 amide bonds. The Hall–Kier alpha value is -2.76. The van der Waals surface area contributed by atoms with E-state index >= 15 is 0 Å². The molecule has 0 unspecified atom stereocenters. The van der Waals surface area contributed by atoms with Gasteiger partial charge in [0.15, 0.2) is 0 Å². The van der Waals surface area contributed by atoms with Crippen LogP contribution in [0.15, 0.2) is 66.7 Å². The van der Waals surface area contributed by atoms with Crippen LogP contribution in [0, 0.1) is 13.8 Å². The van der Waals surface area contributed by atoms with Crippen molar-refractivity contribution in [3.8, 4) is 5.75 Å². The molecule has 0 saturated carbocycles. The Bertz CT molecular complexity index is 816. The third kappa shape index (κ3) is 3.68. The van der Waals surface area contributed by atoms with Gasteiger partial charge in [-0.3, -0.25) is 0 Å². The number of hydrogen-bond donors (Lipinski definition) is 3. The summed E-state index contributed by atoms with van der Waals surface area (Å²) >= 11 is 0. The summed E-state index contributed by atoms with van der Waals surface area (Å²) in [6.45, 7) is 4.06. The van der Waals surface area contributed by atoms with Gasteiger partial charge in [-0.15, -0.1) is 0 Å². The van der Waals surface area contributed by atoms with E-state index in [4.69, 9.17) is 0 Å². The fourth-order valence-electron chi connectivity index (χ4n) is 2.72. The SMILES string of the molecule is Cc1ccc(N(c2ccc(C)cc2)c2ccc(B(O)O)c(O)c2)cc1. The molecule has 0 radical (unpaired) electrons. The second-order valence-corrected chi connectivity index (χ2v) is 6.12. The minimum Gasteiger partial charge on any atom is -0.508 e. The average molecular weight is 333 g/mol. The van der Waals surface area contributed by atoms with Gasteiger partial charge in [-0.2, -0.15) is 0 Å². The van der Waals surface area contributed by atoms with Gasteiger partial charge in [-0.05, 0) is 44.2 Å². The van der Waals surface area contributed by atoms with E-state index in [9.17, 15) is 15.2 Å². The molecule has 0 aliphatic rings. The third-order valence-electron chi connectivity index (χ3n) is 4.13. The number of nitrogens with zero attached hydrogens (tertiary/aromatic N) is 1. The van der Waals surface area contributed by atoms with E-state index in [1.54, 1.807) is 6.07 Å². The van der Waals surface area contributed by atoms with E-state index in [1.807, 2.05) is 67.3 Å². The molecule has 3 rings (SSSR count). The van der Waals surface area contributed by atoms with E-state index in [2.05, 4.69) is 0 Å². The Morgan fingerprint density at radius 3 is 1.52 bits per heavy atom. The predicted molar refractivity (Wildman–Crippen MR) is 102 cm³/mol. The summed E-state index contributed by atoms with van der Waals surface area (Å²) in [6.07, 6.45) is 0. The summed E-state index contributed by atoms with van der Waals surface area (Å²) in [4.78, 5) is 2.01. The molecule has 0 atom stereocenters. The van der Waals surface area contributed by atoms with Crippen molar-refractivity contribution in [1.29, 1.82) is 0 Å². The normalized spacial score (nSPS) is 10.6. The molecule has 0 aliphatic carbocycles. The van der Waals surface area contributed by atoms with Crippen LogP contribution in [0.2, 0.25) is 0 Å². The summed E-state index contributed by atoms with van der Waals surface area (Å²) in [5, 5.41) is 28.8. The summed E-state index contributed by atoms with van der Waals surface area (Å²) in [6, 6.07) is 21.0. The van der Waals surface area contributed by atoms with Crippen LogP contribution in [0.4, 0.5) is 17.1 Å². The van der Waals surface area contributed by atoms with Gasteiger partial charge in [-0.1, -0.05) is 41.5 Å². The molecule has 126 valence electrons. The van der Waals surface area contributed by atoms with E-state index in [0.29, 0.717) is 0 Å². The van der Waals surface area contributed by atoms with Crippen molar-refractivity contribution in [2.45, 2.75) is 13.8 Å². The molecule has 0 aromatic heterocycles. The van der Waals surface area contributed by atoms with Gasteiger partial charge in [0.1, 0.15) is 5.75 Å². The van der Waals surface area contributed by atoms with Gasteiger partial charge >= 0.3 is 7.12 Å². The molecule has 0 spiro atoms. The van der Waals surface area contributed by atoms with Crippen molar-refractivity contribution in [2.75, 3.05) is 4.90 Å². The predicted octanol–water partition coefficient (Wildman–Crippen LogP) is 3.16. The molecule has 3 aromatic rings. The van der Waals surface area contributed by atoms with Crippen molar-refractivity contribution in [2.24, 2.45) is 0 Å². The first-order chi connectivity index (χ1) is 12.0. The van der Waals surface area contributed by atoms with Crippen molar-refractivity contribution < 1.29 is 15.2 Å². The van der Waals surface area contributed by atoms with Crippen LogP contribution >= 0.6 is 0 Å². The third-order valence-corrected chi connectivity index (χ3v) is 4.13. The molecule has 3 aromatic carbocycles. The van der Waals surface area contributed by atoms with Crippen molar-refractivity contribution in [3.05, 3.63) is 77.9 Å². The topological polar surface area (TPSA) is 63.9 Å². The first-order valence-corrected chi connectivity index (χ1v) is 8.08. The highest BCUT2D eigenvalue weighted by Crippen LogP contribution is 2.35. The maximum absolute atomic E-state index is 10.1. The van der Waals surface area contributed by atoms with Crippen LogP contribution in [0.25, 0.3) is 0 Å². The first kappa shape index (κ1) is 17.1. The van der Waals surface area contributed by atoms with Crippen molar-refractivity contribution in [3.63, 3.8) is 0 Å². The smallest absolute Gasteiger partial charge is 0.492 e. The number of anilines is 3. The first-order valence-electron chi connectivity index (χ1n) is 8.08. The lowest BCUT2D eigenvalue weighted by atomic mass is 9.79. The molecule has 0 fully saturated rings. The van der Waals surface area contributed by atoms with Crippen molar-refractivity contribution in [1.82, 2.24) is 0 Å². The van der Waals surface area contributed by atoms with E-state index < -0.39 is 7.12 Å². The molecule has 0 saturated heterocycles. The Kier molecular flexibility index (Phi) is 4.79. The number of aromatic hydroxyl groups is 1. The Morgan fingerprint density at radius 1 is 0.680 bits per heavy atom. The molecule has 4 nitrogen and oxygen atoms in total. The quantitative estimate of drug-likeness (QED) is 0.642. The number of hydrogen-bond acceptors (Lipinski definition) is 4. The van der Waals surface area contributed by atoms with E-state index in [0.717, 1.165) is 28.2 Å². The average Bonchev–Trinajstić information content (AvgIpc) is 2.58. The highest BCUT2D eigenvalue weighted by Gasteiger charge is 2.19. The molecule has 0 heterocycles. The van der Waals surface area contributed by atoms with E-state index in [-0.39, 0.29) is 11.2 Å². The van der Waals surface area contributed by atoms with Gasteiger partial charge in [0.2, 0.25) is 0 Å². The molecule has 0 bridgehead atoms. The fraction of sp³-hybridized carbons (Fsp3) is 0.100. The van der Waals surface area contributed by atoms with Gasteiger partial charge in [0.25, 0.3) is 0 Å². The molecule has 0 aliphatic heterocycles. The van der Waals surface area contributed by atoms with Crippen LogP contribution < -0.4 is 10.4 Å². The number of rotatable bonds is 4. The van der Waals surface area contributed by atoms with Crippen LogP contribution in [-0.2, 0) is 0 Å². The van der Waals surface area contributed by atoms with Gasteiger partial charge in [0, 0.05) is 28.6 Å². The monoisotopic (exact) mass is 333 g/mol. The van der Waals surface area contributed by atoms with Crippen LogP contribution in [0.3, 0.4) is 0 Å². The van der Waals surface area contributed by atoms with Crippen LogP contribution in [0.5, 0.6) is 5.75 Å². The fourth-order valence-corrected chi connectivity index (χ4v) is 2.72. The standard InChI is InChI=1S/C20H20BNO3/c1-14-3-7-16(8-4-14)22(17-9-5-15(2)6-10-17)18-11-12-19(21(24)25)20(23)13-18/h3-13,23-25H,1-2H3. The lowest BCUT2D eigenvalue weighted by Crippen LogP contribution is -2.30. The number of aryl methyl sites for hydroxylation is 2. The molecule has 5 heteroatoms. The molecule has 25 heavy (non-hydrogen) atoms. The molecular weight excluding hydrogens is 313 g/mol. The minimum absolute atomic E-state index is 0.0801. The summed E-state index contributed by atoms with van der Waals surface area (Å²) in [5.41, 5.74) is 5.03. The zero-order valence-electron chi connectivity index (χ0n) is 14.2. The van der Waals surface area contributed by atoms with Gasteiger partial charge < -0.3 is 20.1 Å². The number of phenolic OH excluding ortho intramolecular Hbond substituents is 1. The van der Waals surface area contributed by atoms with Gasteiger partial charge in [0.05, 0.1) is 0 Å². The lowest BCUT2D eigenvalue weighted by Gasteiger charge is -2.26. The van der Waals surface area contributed by atoms with Crippen LogP contribution in [-0.4, -0.2) is 22.3 Å². The van der Waals surface area contributed by atoms with E-state index in [1.165, 1.54) is 12.1 Å². The highest BCUT2D eigenvalue weighted by atomic mass is 16.4. The summed E-state index contributed by atoms with van der Waals surface area (Å²) in [7, 11) is -1.71. The second-order valence-electron chi connectivity index (χ2n) is 6.12. The zero-order chi connectivity index (χ0) is 18.0. The summed E-state index contributed by atoms with van der Waals surface area (Å²) in [5.74, 6) is -0.156. The maximum atomic E-state index is 10.1. The largest absolute Gasteiger partial charge is 0.508 e. The van der Waals surface area contributed by atoms with Crippen LogP contribution in [0.1, 0.15) is 11.1 Å². The van der Waals surface area contributed by atoms with Crippen molar-refractivity contribution >= 4 is 29.6 Å². The van der Waals surface area contributed by atoms with Gasteiger partial charge in [-0.25, -0.2) is 0 Å².